The van der Waals surface area contributed by atoms with Crippen LogP contribution in [0.25, 0.3) is 10.9 Å². The van der Waals surface area contributed by atoms with Crippen molar-refractivity contribution in [3.8, 4) is 5.75 Å². The number of rotatable bonds is 2. The van der Waals surface area contributed by atoms with E-state index in [-0.39, 0.29) is 0 Å². The van der Waals surface area contributed by atoms with Crippen molar-refractivity contribution in [3.63, 3.8) is 0 Å². The first-order chi connectivity index (χ1) is 6.77. The van der Waals surface area contributed by atoms with Crippen LogP contribution in [0, 0.1) is 6.92 Å². The van der Waals surface area contributed by atoms with Crippen LogP contribution in [-0.4, -0.2) is 12.1 Å². The molecule has 0 aliphatic carbocycles. The normalized spacial score (nSPS) is 10.8. The molecule has 0 amide bonds. The number of hydrogen-bond acceptors (Lipinski definition) is 1. The summed E-state index contributed by atoms with van der Waals surface area (Å²) in [5, 5.41) is 1.21. The van der Waals surface area contributed by atoms with Crippen molar-refractivity contribution in [1.29, 1.82) is 0 Å². The molecular weight excluding hydrogens is 174 g/mol. The summed E-state index contributed by atoms with van der Waals surface area (Å²) in [5.41, 5.74) is 3.77. The quantitative estimate of drug-likeness (QED) is 0.771. The number of aromatic amines is 1. The number of hydrogen-bond donors (Lipinski definition) is 1. The molecule has 0 fully saturated rings. The Morgan fingerprint density at radius 2 is 2.14 bits per heavy atom. The van der Waals surface area contributed by atoms with Gasteiger partial charge in [0.25, 0.3) is 0 Å². The van der Waals surface area contributed by atoms with Crippen molar-refractivity contribution < 1.29 is 4.74 Å². The molecule has 74 valence electrons. The third-order valence-corrected chi connectivity index (χ3v) is 2.71. The smallest absolute Gasteiger partial charge is 0.128 e. The Morgan fingerprint density at radius 1 is 1.36 bits per heavy atom. The van der Waals surface area contributed by atoms with Gasteiger partial charge in [-0.1, -0.05) is 13.0 Å². The van der Waals surface area contributed by atoms with E-state index in [1.807, 2.05) is 12.1 Å². The molecule has 0 saturated carbocycles. The van der Waals surface area contributed by atoms with Gasteiger partial charge >= 0.3 is 0 Å². The first-order valence-electron chi connectivity index (χ1n) is 4.92. The summed E-state index contributed by atoms with van der Waals surface area (Å²) >= 11 is 0. The van der Waals surface area contributed by atoms with Gasteiger partial charge in [0, 0.05) is 16.6 Å². The number of ether oxygens (including phenoxy) is 1. The number of fused-ring (bicyclic) bond motifs is 1. The molecule has 2 rings (SSSR count). The van der Waals surface area contributed by atoms with E-state index in [1.165, 1.54) is 22.2 Å². The van der Waals surface area contributed by atoms with Crippen LogP contribution in [0.2, 0.25) is 0 Å². The van der Waals surface area contributed by atoms with E-state index in [1.54, 1.807) is 7.11 Å². The first-order valence-corrected chi connectivity index (χ1v) is 4.92. The fourth-order valence-electron chi connectivity index (χ4n) is 1.95. The molecule has 2 aromatic rings. The van der Waals surface area contributed by atoms with Gasteiger partial charge in [-0.25, -0.2) is 0 Å². The van der Waals surface area contributed by atoms with Crippen LogP contribution in [0.4, 0.5) is 0 Å². The maximum Gasteiger partial charge on any atom is 0.128 e. The van der Waals surface area contributed by atoms with Crippen molar-refractivity contribution in [2.45, 2.75) is 20.3 Å². The summed E-state index contributed by atoms with van der Waals surface area (Å²) in [6.07, 6.45) is 1.03. The van der Waals surface area contributed by atoms with Crippen molar-refractivity contribution in [1.82, 2.24) is 4.98 Å². The van der Waals surface area contributed by atoms with Gasteiger partial charge in [0.15, 0.2) is 0 Å². The largest absolute Gasteiger partial charge is 0.496 e. The van der Waals surface area contributed by atoms with Crippen molar-refractivity contribution in [3.05, 3.63) is 29.5 Å². The highest BCUT2D eigenvalue weighted by Gasteiger charge is 2.09. The third-order valence-electron chi connectivity index (χ3n) is 2.71. The lowest BCUT2D eigenvalue weighted by Crippen LogP contribution is -1.84. The predicted molar refractivity (Wildman–Crippen MR) is 59.0 cm³/mol. The van der Waals surface area contributed by atoms with Gasteiger partial charge < -0.3 is 9.72 Å². The minimum atomic E-state index is 0.955. The molecule has 1 heterocycles. The van der Waals surface area contributed by atoms with Gasteiger partial charge in [-0.3, -0.25) is 0 Å². The molecule has 0 aliphatic rings. The molecule has 2 heteroatoms. The topological polar surface area (TPSA) is 25.0 Å². The van der Waals surface area contributed by atoms with Gasteiger partial charge in [0.1, 0.15) is 5.75 Å². The standard InChI is InChI=1S/C12H15NO/c1-4-9-8(2)12-10(13-9)6-5-7-11(12)14-3/h5-7,13H,4H2,1-3H3. The minimum absolute atomic E-state index is 0.955. The van der Waals surface area contributed by atoms with E-state index < -0.39 is 0 Å². The zero-order valence-electron chi connectivity index (χ0n) is 8.85. The second-order valence-electron chi connectivity index (χ2n) is 3.46. The van der Waals surface area contributed by atoms with Gasteiger partial charge in [-0.2, -0.15) is 0 Å². The maximum atomic E-state index is 5.35. The third kappa shape index (κ3) is 1.18. The van der Waals surface area contributed by atoms with Crippen LogP contribution in [0.3, 0.4) is 0 Å². The first kappa shape index (κ1) is 9.13. The summed E-state index contributed by atoms with van der Waals surface area (Å²) < 4.78 is 5.35. The number of aryl methyl sites for hydroxylation is 2. The van der Waals surface area contributed by atoms with E-state index in [0.29, 0.717) is 0 Å². The Morgan fingerprint density at radius 3 is 2.79 bits per heavy atom. The molecule has 0 unspecified atom stereocenters. The van der Waals surface area contributed by atoms with Crippen LogP contribution in [0.5, 0.6) is 5.75 Å². The van der Waals surface area contributed by atoms with Crippen molar-refractivity contribution >= 4 is 10.9 Å². The molecule has 14 heavy (non-hydrogen) atoms. The molecular formula is C12H15NO. The monoisotopic (exact) mass is 189 g/mol. The summed E-state index contributed by atoms with van der Waals surface area (Å²) in [6.45, 7) is 4.30. The maximum absolute atomic E-state index is 5.35. The fourth-order valence-corrected chi connectivity index (χ4v) is 1.95. The Kier molecular flexibility index (Phi) is 2.20. The van der Waals surface area contributed by atoms with Crippen LogP contribution < -0.4 is 4.74 Å². The molecule has 1 aromatic heterocycles. The lowest BCUT2D eigenvalue weighted by molar-refractivity contribution is 0.419. The number of methoxy groups -OCH3 is 1. The van der Waals surface area contributed by atoms with E-state index in [2.05, 4.69) is 24.9 Å². The van der Waals surface area contributed by atoms with Crippen LogP contribution in [-0.2, 0) is 6.42 Å². The molecule has 0 radical (unpaired) electrons. The predicted octanol–water partition coefficient (Wildman–Crippen LogP) is 3.05. The fraction of sp³-hybridized carbons (Fsp3) is 0.333. The number of H-pyrrole nitrogens is 1. The Balaban J connectivity index is 2.79. The van der Waals surface area contributed by atoms with Crippen molar-refractivity contribution in [2.24, 2.45) is 0 Å². The van der Waals surface area contributed by atoms with Gasteiger partial charge in [-0.05, 0) is 31.0 Å². The molecule has 2 nitrogen and oxygen atoms in total. The lowest BCUT2D eigenvalue weighted by Gasteiger charge is -2.01. The van der Waals surface area contributed by atoms with Gasteiger partial charge in [0.05, 0.1) is 7.11 Å². The summed E-state index contributed by atoms with van der Waals surface area (Å²) in [6, 6.07) is 6.10. The SMILES string of the molecule is CCc1[nH]c2cccc(OC)c2c1C. The van der Waals surface area contributed by atoms with E-state index >= 15 is 0 Å². The molecule has 1 aromatic carbocycles. The second-order valence-corrected chi connectivity index (χ2v) is 3.46. The average Bonchev–Trinajstić information content (AvgIpc) is 2.55. The van der Waals surface area contributed by atoms with Gasteiger partial charge in [0.2, 0.25) is 0 Å². The Hall–Kier alpha value is -1.44. The summed E-state index contributed by atoms with van der Waals surface area (Å²) in [4.78, 5) is 3.41. The highest BCUT2D eigenvalue weighted by atomic mass is 16.5. The molecule has 1 N–H and O–H groups in total. The Labute approximate surface area is 83.9 Å². The van der Waals surface area contributed by atoms with E-state index in [9.17, 15) is 0 Å². The van der Waals surface area contributed by atoms with Gasteiger partial charge in [-0.15, -0.1) is 0 Å². The minimum Gasteiger partial charge on any atom is -0.496 e. The average molecular weight is 189 g/mol. The molecule has 0 aliphatic heterocycles. The summed E-state index contributed by atoms with van der Waals surface area (Å²) in [5.74, 6) is 0.955. The second kappa shape index (κ2) is 3.37. The molecule has 0 bridgehead atoms. The molecule has 0 saturated heterocycles. The highest BCUT2D eigenvalue weighted by molar-refractivity contribution is 5.90. The zero-order valence-corrected chi connectivity index (χ0v) is 8.85. The van der Waals surface area contributed by atoms with Crippen molar-refractivity contribution in [2.75, 3.05) is 7.11 Å². The van der Waals surface area contributed by atoms with E-state index in [0.717, 1.165) is 12.2 Å². The molecule has 0 atom stereocenters. The van der Waals surface area contributed by atoms with Crippen LogP contribution >= 0.6 is 0 Å². The Bertz CT molecular complexity index is 457. The lowest BCUT2D eigenvalue weighted by atomic mass is 10.1. The van der Waals surface area contributed by atoms with Crippen LogP contribution in [0.1, 0.15) is 18.2 Å². The van der Waals surface area contributed by atoms with E-state index in [4.69, 9.17) is 4.74 Å². The number of benzene rings is 1. The van der Waals surface area contributed by atoms with Crippen LogP contribution in [0.15, 0.2) is 18.2 Å². The highest BCUT2D eigenvalue weighted by Crippen LogP contribution is 2.30. The number of nitrogens with one attached hydrogen (secondary N) is 1. The molecule has 0 spiro atoms. The summed E-state index contributed by atoms with van der Waals surface area (Å²) in [7, 11) is 1.72. The number of aromatic nitrogens is 1. The zero-order chi connectivity index (χ0) is 10.1.